The van der Waals surface area contributed by atoms with Crippen molar-refractivity contribution in [2.24, 2.45) is 11.7 Å². The largest absolute Gasteiger partial charge is 0.384 e. The highest BCUT2D eigenvalue weighted by molar-refractivity contribution is 5.81. The molecule has 2 N–H and O–H groups in total. The van der Waals surface area contributed by atoms with Gasteiger partial charge in [-0.1, -0.05) is 0 Å². The Labute approximate surface area is 79.0 Å². The van der Waals surface area contributed by atoms with Crippen LogP contribution in [0.5, 0.6) is 0 Å². The quantitative estimate of drug-likeness (QED) is 0.665. The number of carbonyl (C=O) groups is 1. The molecule has 1 heterocycles. The second kappa shape index (κ2) is 4.58. The monoisotopic (exact) mass is 186 g/mol. The summed E-state index contributed by atoms with van der Waals surface area (Å²) in [6.07, 6.45) is 1.03. The summed E-state index contributed by atoms with van der Waals surface area (Å²) in [5.74, 6) is 0.548. The van der Waals surface area contributed by atoms with E-state index in [-0.39, 0.29) is 11.9 Å². The van der Waals surface area contributed by atoms with E-state index in [0.29, 0.717) is 5.92 Å². The average Bonchev–Trinajstić information content (AvgIpc) is 2.52. The van der Waals surface area contributed by atoms with Crippen LogP contribution < -0.4 is 5.73 Å². The second-order valence-corrected chi connectivity index (χ2v) is 3.68. The van der Waals surface area contributed by atoms with Gasteiger partial charge in [-0.25, -0.2) is 0 Å². The van der Waals surface area contributed by atoms with Crippen LogP contribution in [0, 0.1) is 5.92 Å². The van der Waals surface area contributed by atoms with Crippen molar-refractivity contribution in [3.05, 3.63) is 0 Å². The summed E-state index contributed by atoms with van der Waals surface area (Å²) in [5, 5.41) is 0. The lowest BCUT2D eigenvalue weighted by Crippen LogP contribution is -2.40. The van der Waals surface area contributed by atoms with Crippen molar-refractivity contribution in [2.75, 3.05) is 26.8 Å². The number of nitrogens with zero attached hydrogens (tertiary/aromatic N) is 1. The Morgan fingerprint density at radius 1 is 1.77 bits per heavy atom. The fraction of sp³-hybridized carbons (Fsp3) is 0.889. The lowest BCUT2D eigenvalue weighted by molar-refractivity contribution is -0.131. The van der Waals surface area contributed by atoms with Crippen molar-refractivity contribution in [1.82, 2.24) is 4.90 Å². The molecule has 4 heteroatoms. The van der Waals surface area contributed by atoms with Crippen LogP contribution in [0.3, 0.4) is 0 Å². The van der Waals surface area contributed by atoms with Gasteiger partial charge in [0.15, 0.2) is 0 Å². The van der Waals surface area contributed by atoms with Gasteiger partial charge in [0, 0.05) is 26.1 Å². The molecule has 0 aromatic rings. The fourth-order valence-corrected chi connectivity index (χ4v) is 1.69. The molecule has 76 valence electrons. The summed E-state index contributed by atoms with van der Waals surface area (Å²) in [5.41, 5.74) is 5.51. The SMILES string of the molecule is COC[C@H]1CCN(C(=O)[C@H](C)N)C1. The number of carbonyl (C=O) groups excluding carboxylic acids is 1. The fourth-order valence-electron chi connectivity index (χ4n) is 1.69. The number of methoxy groups -OCH3 is 1. The van der Waals surface area contributed by atoms with E-state index < -0.39 is 0 Å². The molecule has 0 bridgehead atoms. The minimum Gasteiger partial charge on any atom is -0.384 e. The zero-order valence-electron chi connectivity index (χ0n) is 8.32. The van der Waals surface area contributed by atoms with Crippen molar-refractivity contribution in [2.45, 2.75) is 19.4 Å². The Kier molecular flexibility index (Phi) is 3.69. The summed E-state index contributed by atoms with van der Waals surface area (Å²) in [7, 11) is 1.69. The van der Waals surface area contributed by atoms with Gasteiger partial charge in [0.25, 0.3) is 0 Å². The Hall–Kier alpha value is -0.610. The Bertz CT molecular complexity index is 182. The molecular weight excluding hydrogens is 168 g/mol. The Morgan fingerprint density at radius 3 is 3.00 bits per heavy atom. The van der Waals surface area contributed by atoms with Crippen LogP contribution in [0.1, 0.15) is 13.3 Å². The minimum absolute atomic E-state index is 0.0543. The van der Waals surface area contributed by atoms with E-state index in [1.807, 2.05) is 4.90 Å². The molecule has 0 aromatic carbocycles. The van der Waals surface area contributed by atoms with E-state index in [9.17, 15) is 4.79 Å². The van der Waals surface area contributed by atoms with E-state index in [4.69, 9.17) is 10.5 Å². The molecule has 0 radical (unpaired) electrons. The van der Waals surface area contributed by atoms with Gasteiger partial charge in [-0.2, -0.15) is 0 Å². The van der Waals surface area contributed by atoms with Crippen LogP contribution in [0.4, 0.5) is 0 Å². The summed E-state index contributed by atoms with van der Waals surface area (Å²) < 4.78 is 5.05. The van der Waals surface area contributed by atoms with Gasteiger partial charge in [-0.3, -0.25) is 4.79 Å². The smallest absolute Gasteiger partial charge is 0.239 e. The van der Waals surface area contributed by atoms with Crippen LogP contribution in [-0.4, -0.2) is 43.7 Å². The predicted octanol–water partition coefficient (Wildman–Crippen LogP) is -0.171. The highest BCUT2D eigenvalue weighted by atomic mass is 16.5. The van der Waals surface area contributed by atoms with Crippen LogP contribution in [0.2, 0.25) is 0 Å². The van der Waals surface area contributed by atoms with Crippen LogP contribution in [0.25, 0.3) is 0 Å². The summed E-state index contributed by atoms with van der Waals surface area (Å²) >= 11 is 0. The maximum atomic E-state index is 11.5. The number of amides is 1. The molecule has 1 aliphatic rings. The summed E-state index contributed by atoms with van der Waals surface area (Å²) in [4.78, 5) is 13.3. The molecular formula is C9H18N2O2. The first-order valence-electron chi connectivity index (χ1n) is 4.68. The third-order valence-corrected chi connectivity index (χ3v) is 2.39. The minimum atomic E-state index is -0.374. The normalized spacial score (nSPS) is 24.8. The average molecular weight is 186 g/mol. The Morgan fingerprint density at radius 2 is 2.46 bits per heavy atom. The maximum absolute atomic E-state index is 11.5. The predicted molar refractivity (Wildman–Crippen MR) is 50.2 cm³/mol. The molecule has 0 aliphatic carbocycles. The second-order valence-electron chi connectivity index (χ2n) is 3.68. The zero-order valence-corrected chi connectivity index (χ0v) is 8.32. The molecule has 1 saturated heterocycles. The first kappa shape index (κ1) is 10.5. The number of ether oxygens (including phenoxy) is 1. The first-order chi connectivity index (χ1) is 6.15. The van der Waals surface area contributed by atoms with Gasteiger partial charge >= 0.3 is 0 Å². The van der Waals surface area contributed by atoms with Gasteiger partial charge in [0.2, 0.25) is 5.91 Å². The number of hydrogen-bond donors (Lipinski definition) is 1. The van der Waals surface area contributed by atoms with Crippen molar-refractivity contribution in [3.8, 4) is 0 Å². The van der Waals surface area contributed by atoms with E-state index in [1.165, 1.54) is 0 Å². The molecule has 1 aliphatic heterocycles. The third kappa shape index (κ3) is 2.67. The van der Waals surface area contributed by atoms with E-state index in [0.717, 1.165) is 26.1 Å². The molecule has 0 saturated carbocycles. The van der Waals surface area contributed by atoms with Gasteiger partial charge in [0.05, 0.1) is 12.6 Å². The third-order valence-electron chi connectivity index (χ3n) is 2.39. The highest BCUT2D eigenvalue weighted by Crippen LogP contribution is 2.16. The molecule has 1 fully saturated rings. The Balaban J connectivity index is 2.36. The maximum Gasteiger partial charge on any atom is 0.239 e. The van der Waals surface area contributed by atoms with Gasteiger partial charge < -0.3 is 15.4 Å². The molecule has 0 spiro atoms. The topological polar surface area (TPSA) is 55.6 Å². The highest BCUT2D eigenvalue weighted by Gasteiger charge is 2.27. The molecule has 0 unspecified atom stereocenters. The lowest BCUT2D eigenvalue weighted by Gasteiger charge is -2.18. The van der Waals surface area contributed by atoms with Crippen LogP contribution >= 0.6 is 0 Å². The van der Waals surface area contributed by atoms with Crippen molar-refractivity contribution in [3.63, 3.8) is 0 Å². The number of likely N-dealkylation sites (tertiary alicyclic amines) is 1. The standard InChI is InChI=1S/C9H18N2O2/c1-7(10)9(12)11-4-3-8(5-11)6-13-2/h7-8H,3-6,10H2,1-2H3/t7-,8-/m0/s1. The molecule has 1 rings (SSSR count). The van der Waals surface area contributed by atoms with E-state index in [1.54, 1.807) is 14.0 Å². The number of hydrogen-bond acceptors (Lipinski definition) is 3. The zero-order chi connectivity index (χ0) is 9.84. The lowest BCUT2D eigenvalue weighted by atomic mass is 10.1. The summed E-state index contributed by atoms with van der Waals surface area (Å²) in [6.45, 7) is 4.09. The number of nitrogens with two attached hydrogens (primary N) is 1. The van der Waals surface area contributed by atoms with Gasteiger partial charge in [-0.05, 0) is 13.3 Å². The van der Waals surface area contributed by atoms with E-state index >= 15 is 0 Å². The van der Waals surface area contributed by atoms with Crippen molar-refractivity contribution in [1.29, 1.82) is 0 Å². The van der Waals surface area contributed by atoms with Crippen molar-refractivity contribution < 1.29 is 9.53 Å². The molecule has 2 atom stereocenters. The van der Waals surface area contributed by atoms with Gasteiger partial charge in [0.1, 0.15) is 0 Å². The van der Waals surface area contributed by atoms with E-state index in [2.05, 4.69) is 0 Å². The number of rotatable bonds is 3. The van der Waals surface area contributed by atoms with Crippen LogP contribution in [-0.2, 0) is 9.53 Å². The molecule has 4 nitrogen and oxygen atoms in total. The molecule has 13 heavy (non-hydrogen) atoms. The molecule has 0 aromatic heterocycles. The molecule has 1 amide bonds. The first-order valence-corrected chi connectivity index (χ1v) is 4.68. The van der Waals surface area contributed by atoms with Gasteiger partial charge in [-0.15, -0.1) is 0 Å². The summed E-state index contributed by atoms with van der Waals surface area (Å²) in [6, 6.07) is -0.374. The van der Waals surface area contributed by atoms with Crippen LogP contribution in [0.15, 0.2) is 0 Å². The van der Waals surface area contributed by atoms with Crippen molar-refractivity contribution >= 4 is 5.91 Å².